The fraction of sp³-hybridized carbons (Fsp3) is 0.235. The highest BCUT2D eigenvalue weighted by Gasteiger charge is 2.22. The molecule has 132 valence electrons. The van der Waals surface area contributed by atoms with Crippen molar-refractivity contribution >= 4 is 11.4 Å². The zero-order valence-corrected chi connectivity index (χ0v) is 14.4. The van der Waals surface area contributed by atoms with Crippen molar-refractivity contribution in [3.8, 4) is 23.0 Å². The third-order valence-corrected chi connectivity index (χ3v) is 3.55. The van der Waals surface area contributed by atoms with Crippen molar-refractivity contribution in [3.05, 3.63) is 52.2 Å². The number of ether oxygens (including phenoxy) is 4. The zero-order chi connectivity index (χ0) is 18.6. The average molecular weight is 346 g/mol. The monoisotopic (exact) mass is 346 g/mol. The maximum atomic E-state index is 11.2. The summed E-state index contributed by atoms with van der Waals surface area (Å²) in [5.74, 6) is 1.03. The topological polar surface area (TPSA) is 93.0 Å². The molecule has 1 heterocycles. The summed E-state index contributed by atoms with van der Waals surface area (Å²) in [6, 6.07) is 6.46. The van der Waals surface area contributed by atoms with Crippen LogP contribution in [0.2, 0.25) is 0 Å². The number of benzene rings is 1. The Morgan fingerprint density at radius 2 is 1.56 bits per heavy atom. The molecule has 1 aromatic heterocycles. The summed E-state index contributed by atoms with van der Waals surface area (Å²) < 4.78 is 20.9. The first-order valence-electron chi connectivity index (χ1n) is 7.15. The average Bonchev–Trinajstić information content (AvgIpc) is 2.65. The standard InChI is InChI=1S/C17H18N2O6/c1-10(12-6-7-13(22-2)17(18-12)19(20)21)11-8-14(23-3)16(25-5)15(9-11)24-4/h6-9H,1H2,2-5H3. The van der Waals surface area contributed by atoms with Gasteiger partial charge < -0.3 is 29.1 Å². The molecule has 8 nitrogen and oxygen atoms in total. The van der Waals surface area contributed by atoms with E-state index in [0.29, 0.717) is 34.1 Å². The molecule has 0 N–H and O–H groups in total. The molecule has 0 aliphatic heterocycles. The van der Waals surface area contributed by atoms with E-state index in [2.05, 4.69) is 11.6 Å². The van der Waals surface area contributed by atoms with Crippen LogP contribution in [0, 0.1) is 10.1 Å². The predicted octanol–water partition coefficient (Wildman–Crippen LogP) is 3.09. The molecule has 0 spiro atoms. The van der Waals surface area contributed by atoms with E-state index in [4.69, 9.17) is 18.9 Å². The van der Waals surface area contributed by atoms with E-state index in [0.717, 1.165) is 0 Å². The lowest BCUT2D eigenvalue weighted by molar-refractivity contribution is -0.390. The first-order valence-corrected chi connectivity index (χ1v) is 7.15. The van der Waals surface area contributed by atoms with Crippen molar-refractivity contribution in [2.75, 3.05) is 28.4 Å². The Kier molecular flexibility index (Phi) is 5.43. The highest BCUT2D eigenvalue weighted by atomic mass is 16.6. The maximum Gasteiger partial charge on any atom is 0.406 e. The van der Waals surface area contributed by atoms with E-state index in [1.807, 2.05) is 0 Å². The number of hydrogen-bond acceptors (Lipinski definition) is 7. The Hall–Kier alpha value is -3.29. The third-order valence-electron chi connectivity index (χ3n) is 3.55. The molecule has 0 amide bonds. The Balaban J connectivity index is 2.54. The van der Waals surface area contributed by atoms with Gasteiger partial charge in [-0.15, -0.1) is 0 Å². The second-order valence-electron chi connectivity index (χ2n) is 4.87. The van der Waals surface area contributed by atoms with Crippen molar-refractivity contribution in [2.45, 2.75) is 0 Å². The van der Waals surface area contributed by atoms with E-state index in [1.165, 1.54) is 34.5 Å². The van der Waals surface area contributed by atoms with E-state index >= 15 is 0 Å². The van der Waals surface area contributed by atoms with Gasteiger partial charge >= 0.3 is 5.82 Å². The fourth-order valence-electron chi connectivity index (χ4n) is 2.30. The minimum absolute atomic E-state index is 0.0754. The van der Waals surface area contributed by atoms with Gasteiger partial charge in [-0.25, -0.2) is 0 Å². The van der Waals surface area contributed by atoms with E-state index in [1.54, 1.807) is 18.2 Å². The fourth-order valence-corrected chi connectivity index (χ4v) is 2.30. The second kappa shape index (κ2) is 7.52. The zero-order valence-electron chi connectivity index (χ0n) is 14.4. The number of aromatic nitrogens is 1. The van der Waals surface area contributed by atoms with Crippen LogP contribution in [-0.4, -0.2) is 38.3 Å². The first kappa shape index (κ1) is 18.1. The van der Waals surface area contributed by atoms with Crippen LogP contribution >= 0.6 is 0 Å². The summed E-state index contributed by atoms with van der Waals surface area (Å²) in [4.78, 5) is 14.6. The molecule has 1 aromatic carbocycles. The summed E-state index contributed by atoms with van der Waals surface area (Å²) in [5, 5.41) is 11.2. The number of hydrogen-bond donors (Lipinski definition) is 0. The van der Waals surface area contributed by atoms with E-state index in [9.17, 15) is 10.1 Å². The Labute approximate surface area is 144 Å². The number of pyridine rings is 1. The normalized spacial score (nSPS) is 10.1. The lowest BCUT2D eigenvalue weighted by atomic mass is 10.0. The quantitative estimate of drug-likeness (QED) is 0.562. The van der Waals surface area contributed by atoms with Gasteiger partial charge in [-0.3, -0.25) is 0 Å². The first-order chi connectivity index (χ1) is 12.0. The van der Waals surface area contributed by atoms with Crippen molar-refractivity contribution in [1.82, 2.24) is 4.98 Å². The minimum Gasteiger partial charge on any atom is -0.493 e. The van der Waals surface area contributed by atoms with Gasteiger partial charge in [0.25, 0.3) is 0 Å². The molecule has 25 heavy (non-hydrogen) atoms. The lowest BCUT2D eigenvalue weighted by Crippen LogP contribution is -2.01. The lowest BCUT2D eigenvalue weighted by Gasteiger charge is -2.14. The maximum absolute atomic E-state index is 11.2. The molecule has 8 heteroatoms. The van der Waals surface area contributed by atoms with Crippen LogP contribution in [-0.2, 0) is 0 Å². The summed E-state index contributed by atoms with van der Waals surface area (Å²) in [6.45, 7) is 3.98. The van der Waals surface area contributed by atoms with Gasteiger partial charge in [0.05, 0.1) is 28.4 Å². The summed E-state index contributed by atoms with van der Waals surface area (Å²) in [5.41, 5.74) is 1.42. The Morgan fingerprint density at radius 3 is 2.00 bits per heavy atom. The molecule has 0 aliphatic carbocycles. The molecule has 2 aromatic rings. The van der Waals surface area contributed by atoms with Crippen LogP contribution in [0.5, 0.6) is 23.0 Å². The molecule has 0 unspecified atom stereocenters. The molecule has 0 atom stereocenters. The Bertz CT molecular complexity index is 794. The molecule has 0 fully saturated rings. The second-order valence-corrected chi connectivity index (χ2v) is 4.87. The summed E-state index contributed by atoms with van der Waals surface area (Å²) >= 11 is 0. The molecule has 0 saturated carbocycles. The van der Waals surface area contributed by atoms with Gasteiger partial charge in [0.2, 0.25) is 11.5 Å². The molecule has 2 rings (SSSR count). The minimum atomic E-state index is -0.606. The van der Waals surface area contributed by atoms with E-state index < -0.39 is 4.92 Å². The van der Waals surface area contributed by atoms with Crippen LogP contribution in [0.4, 0.5) is 5.82 Å². The van der Waals surface area contributed by atoms with Gasteiger partial charge in [0, 0.05) is 5.57 Å². The summed E-state index contributed by atoms with van der Waals surface area (Å²) in [6.07, 6.45) is 0. The van der Waals surface area contributed by atoms with Gasteiger partial charge in [0.15, 0.2) is 17.2 Å². The highest BCUT2D eigenvalue weighted by molar-refractivity contribution is 5.79. The largest absolute Gasteiger partial charge is 0.493 e. The van der Waals surface area contributed by atoms with Crippen molar-refractivity contribution in [2.24, 2.45) is 0 Å². The number of methoxy groups -OCH3 is 4. The molecular formula is C17H18N2O6. The molecular weight excluding hydrogens is 328 g/mol. The van der Waals surface area contributed by atoms with Gasteiger partial charge in [-0.1, -0.05) is 6.58 Å². The predicted molar refractivity (Wildman–Crippen MR) is 91.7 cm³/mol. The van der Waals surface area contributed by atoms with E-state index in [-0.39, 0.29) is 11.6 Å². The van der Waals surface area contributed by atoms with Gasteiger partial charge in [0.1, 0.15) is 0 Å². The number of rotatable bonds is 7. The van der Waals surface area contributed by atoms with Gasteiger partial charge in [-0.2, -0.15) is 0 Å². The van der Waals surface area contributed by atoms with Crippen molar-refractivity contribution in [1.29, 1.82) is 0 Å². The van der Waals surface area contributed by atoms with Gasteiger partial charge in [-0.05, 0) is 39.7 Å². The SMILES string of the molecule is C=C(c1cc(OC)c(OC)c(OC)c1)c1ccc(OC)c([N+](=O)[O-])n1. The molecule has 0 saturated heterocycles. The van der Waals surface area contributed by atoms with Crippen molar-refractivity contribution in [3.63, 3.8) is 0 Å². The number of nitrogens with zero attached hydrogens (tertiary/aromatic N) is 2. The smallest absolute Gasteiger partial charge is 0.406 e. The third kappa shape index (κ3) is 3.47. The highest BCUT2D eigenvalue weighted by Crippen LogP contribution is 2.40. The molecule has 0 aliphatic rings. The molecule has 0 bridgehead atoms. The summed E-state index contributed by atoms with van der Waals surface area (Å²) in [7, 11) is 5.85. The van der Waals surface area contributed by atoms with Crippen LogP contribution in [0.25, 0.3) is 5.57 Å². The van der Waals surface area contributed by atoms with Crippen LogP contribution in [0.1, 0.15) is 11.3 Å². The van der Waals surface area contributed by atoms with Crippen LogP contribution in [0.15, 0.2) is 30.8 Å². The van der Waals surface area contributed by atoms with Crippen molar-refractivity contribution < 1.29 is 23.9 Å². The molecule has 0 radical (unpaired) electrons. The number of nitro groups is 1. The Morgan fingerprint density at radius 1 is 1.00 bits per heavy atom. The van der Waals surface area contributed by atoms with Crippen LogP contribution < -0.4 is 18.9 Å². The van der Waals surface area contributed by atoms with Crippen LogP contribution in [0.3, 0.4) is 0 Å².